The molecule has 5 N–H and O–H groups in total. The predicted molar refractivity (Wildman–Crippen MR) is 43.4 cm³/mol. The summed E-state index contributed by atoms with van der Waals surface area (Å²) in [5, 5.41) is 25.4. The summed E-state index contributed by atoms with van der Waals surface area (Å²) in [5.74, 6) is -5.90. The summed E-state index contributed by atoms with van der Waals surface area (Å²) in [4.78, 5) is 20.7. The van der Waals surface area contributed by atoms with Gasteiger partial charge in [-0.1, -0.05) is 0 Å². The van der Waals surface area contributed by atoms with Crippen LogP contribution in [0.1, 0.15) is 6.42 Å². The largest absolute Gasteiger partial charge is 0.481 e. The van der Waals surface area contributed by atoms with Crippen molar-refractivity contribution in [2.24, 2.45) is 11.7 Å². The van der Waals surface area contributed by atoms with Crippen LogP contribution in [0.15, 0.2) is 0 Å². The number of nitrogens with two attached hydrogens (primary N) is 1. The van der Waals surface area contributed by atoms with E-state index in [2.05, 4.69) is 0 Å². The number of carboxylic acid groups (broad SMARTS) is 2. The fourth-order valence-corrected chi connectivity index (χ4v) is 0.967. The molecule has 3 atom stereocenters. The normalized spacial score (nSPS) is 17.6. The minimum Gasteiger partial charge on any atom is -0.481 e. The molecule has 0 aromatic rings. The van der Waals surface area contributed by atoms with Gasteiger partial charge in [0.1, 0.15) is 6.04 Å². The highest BCUT2D eigenvalue weighted by Gasteiger charge is 2.47. The highest BCUT2D eigenvalue weighted by Crippen LogP contribution is 2.28. The summed E-state index contributed by atoms with van der Waals surface area (Å²) >= 11 is 0. The van der Waals surface area contributed by atoms with E-state index in [1.807, 2.05) is 0 Å². The fraction of sp³-hybridized carbons (Fsp3) is 0.714. The number of halogens is 3. The van der Waals surface area contributed by atoms with Gasteiger partial charge in [0.25, 0.3) is 0 Å². The van der Waals surface area contributed by atoms with Crippen molar-refractivity contribution < 1.29 is 38.1 Å². The van der Waals surface area contributed by atoms with Crippen LogP contribution in [0.5, 0.6) is 0 Å². The Kier molecular flexibility index (Phi) is 4.69. The molecule has 0 amide bonds. The molecule has 6 nitrogen and oxygen atoms in total. The van der Waals surface area contributed by atoms with Crippen molar-refractivity contribution in [1.29, 1.82) is 0 Å². The van der Waals surface area contributed by atoms with Crippen molar-refractivity contribution in [1.82, 2.24) is 0 Å². The molecule has 0 saturated carbocycles. The molecule has 94 valence electrons. The van der Waals surface area contributed by atoms with E-state index in [9.17, 15) is 22.8 Å². The van der Waals surface area contributed by atoms with Crippen LogP contribution >= 0.6 is 0 Å². The molecular formula is C7H10F3NO5. The van der Waals surface area contributed by atoms with Gasteiger partial charge in [0.15, 0.2) is 6.10 Å². The zero-order chi connectivity index (χ0) is 13.1. The third-order valence-electron chi connectivity index (χ3n) is 1.86. The van der Waals surface area contributed by atoms with Crippen LogP contribution in [0.2, 0.25) is 0 Å². The molecule has 16 heavy (non-hydrogen) atoms. The second-order valence-corrected chi connectivity index (χ2v) is 3.11. The van der Waals surface area contributed by atoms with Gasteiger partial charge in [0, 0.05) is 0 Å². The lowest BCUT2D eigenvalue weighted by Crippen LogP contribution is -2.44. The van der Waals surface area contributed by atoms with Crippen LogP contribution in [0, 0.1) is 5.92 Å². The molecule has 0 rings (SSSR count). The molecule has 0 heterocycles. The molecule has 0 bridgehead atoms. The number of hydrogen-bond donors (Lipinski definition) is 4. The molecular weight excluding hydrogens is 235 g/mol. The lowest BCUT2D eigenvalue weighted by Gasteiger charge is -2.22. The summed E-state index contributed by atoms with van der Waals surface area (Å²) in [7, 11) is 0. The number of carboxylic acids is 2. The molecule has 0 unspecified atom stereocenters. The Labute approximate surface area is 87.5 Å². The van der Waals surface area contributed by atoms with Gasteiger partial charge in [-0.2, -0.15) is 13.2 Å². The van der Waals surface area contributed by atoms with Gasteiger partial charge in [-0.3, -0.25) is 9.59 Å². The van der Waals surface area contributed by atoms with Crippen molar-refractivity contribution in [3.05, 3.63) is 0 Å². The van der Waals surface area contributed by atoms with E-state index in [1.54, 1.807) is 0 Å². The first kappa shape index (κ1) is 14.6. The lowest BCUT2D eigenvalue weighted by molar-refractivity contribution is -0.223. The second kappa shape index (κ2) is 5.12. The van der Waals surface area contributed by atoms with E-state index < -0.39 is 42.6 Å². The van der Waals surface area contributed by atoms with Gasteiger partial charge < -0.3 is 21.1 Å². The summed E-state index contributed by atoms with van der Waals surface area (Å²) in [6, 6.07) is -1.78. The zero-order valence-corrected chi connectivity index (χ0v) is 7.81. The monoisotopic (exact) mass is 245 g/mol. The highest BCUT2D eigenvalue weighted by molar-refractivity contribution is 5.76. The molecule has 0 saturated heterocycles. The Morgan fingerprint density at radius 3 is 1.88 bits per heavy atom. The Balaban J connectivity index is 4.76. The average Bonchev–Trinajstić information content (AvgIpc) is 2.10. The molecule has 0 aliphatic heterocycles. The van der Waals surface area contributed by atoms with Crippen molar-refractivity contribution in [3.63, 3.8) is 0 Å². The van der Waals surface area contributed by atoms with E-state index in [-0.39, 0.29) is 0 Å². The van der Waals surface area contributed by atoms with Gasteiger partial charge in [-0.25, -0.2) is 0 Å². The van der Waals surface area contributed by atoms with E-state index >= 15 is 0 Å². The fourth-order valence-electron chi connectivity index (χ4n) is 0.967. The Morgan fingerprint density at radius 2 is 1.62 bits per heavy atom. The SMILES string of the molecule is N[C@H](C[C@H](C(=O)O)[C@@H](O)C(F)(F)F)C(=O)O. The number of alkyl halides is 3. The van der Waals surface area contributed by atoms with E-state index in [0.29, 0.717) is 0 Å². The summed E-state index contributed by atoms with van der Waals surface area (Å²) in [6.07, 6.45) is -9.29. The maximum absolute atomic E-state index is 12.0. The summed E-state index contributed by atoms with van der Waals surface area (Å²) < 4.78 is 36.0. The number of aliphatic hydroxyl groups excluding tert-OH is 1. The standard InChI is InChI=1S/C7H10F3NO5/c8-7(9,10)4(12)2(5(13)14)1-3(11)6(15)16/h2-4,12H,1,11H2,(H,13,14)(H,15,16)/t2-,3+,4+/m0/s1. The van der Waals surface area contributed by atoms with Gasteiger partial charge in [-0.15, -0.1) is 0 Å². The topological polar surface area (TPSA) is 121 Å². The van der Waals surface area contributed by atoms with Crippen LogP contribution in [-0.2, 0) is 9.59 Å². The number of rotatable bonds is 5. The van der Waals surface area contributed by atoms with Crippen molar-refractivity contribution in [2.45, 2.75) is 24.7 Å². The van der Waals surface area contributed by atoms with Gasteiger partial charge >= 0.3 is 18.1 Å². The molecule has 0 spiro atoms. The molecule has 0 aromatic carbocycles. The Hall–Kier alpha value is -1.35. The Morgan fingerprint density at radius 1 is 1.19 bits per heavy atom. The molecule has 0 aliphatic carbocycles. The number of carbonyl (C=O) groups is 2. The maximum atomic E-state index is 12.0. The first-order chi connectivity index (χ1) is 7.07. The van der Waals surface area contributed by atoms with Crippen molar-refractivity contribution >= 4 is 11.9 Å². The lowest BCUT2D eigenvalue weighted by atomic mass is 9.94. The van der Waals surface area contributed by atoms with Crippen LogP contribution in [-0.4, -0.2) is 45.6 Å². The maximum Gasteiger partial charge on any atom is 0.415 e. The molecule has 9 heteroatoms. The smallest absolute Gasteiger partial charge is 0.415 e. The van der Waals surface area contributed by atoms with E-state index in [0.717, 1.165) is 0 Å². The van der Waals surface area contributed by atoms with Crippen LogP contribution < -0.4 is 5.73 Å². The summed E-state index contributed by atoms with van der Waals surface area (Å²) in [5.41, 5.74) is 4.89. The van der Waals surface area contributed by atoms with Crippen LogP contribution in [0.25, 0.3) is 0 Å². The third kappa shape index (κ3) is 4.03. The third-order valence-corrected chi connectivity index (χ3v) is 1.86. The number of aliphatic carboxylic acids is 2. The zero-order valence-electron chi connectivity index (χ0n) is 7.81. The Bertz CT molecular complexity index is 280. The van der Waals surface area contributed by atoms with Gasteiger partial charge in [0.2, 0.25) is 0 Å². The van der Waals surface area contributed by atoms with E-state index in [1.165, 1.54) is 0 Å². The quantitative estimate of drug-likeness (QED) is 0.513. The van der Waals surface area contributed by atoms with Crippen LogP contribution in [0.4, 0.5) is 13.2 Å². The minimum atomic E-state index is -5.14. The van der Waals surface area contributed by atoms with Crippen molar-refractivity contribution in [3.8, 4) is 0 Å². The number of hydrogen-bond acceptors (Lipinski definition) is 4. The first-order valence-corrected chi connectivity index (χ1v) is 4.03. The molecule has 0 fully saturated rings. The number of aliphatic hydroxyl groups is 1. The predicted octanol–water partition coefficient (Wildman–Crippen LogP) is -0.588. The second-order valence-electron chi connectivity index (χ2n) is 3.11. The summed E-state index contributed by atoms with van der Waals surface area (Å²) in [6.45, 7) is 0. The van der Waals surface area contributed by atoms with Crippen LogP contribution in [0.3, 0.4) is 0 Å². The van der Waals surface area contributed by atoms with Crippen molar-refractivity contribution in [2.75, 3.05) is 0 Å². The highest BCUT2D eigenvalue weighted by atomic mass is 19.4. The molecule has 0 aromatic heterocycles. The first-order valence-electron chi connectivity index (χ1n) is 4.03. The average molecular weight is 245 g/mol. The van der Waals surface area contributed by atoms with E-state index in [4.69, 9.17) is 21.1 Å². The van der Waals surface area contributed by atoms with Gasteiger partial charge in [-0.05, 0) is 6.42 Å². The minimum absolute atomic E-state index is 1.01. The molecule has 0 radical (unpaired) electrons. The van der Waals surface area contributed by atoms with Gasteiger partial charge in [0.05, 0.1) is 5.92 Å². The molecule has 0 aliphatic rings.